The SMILES string of the molecule is NC(N)=S.O=C([O-])O.[Na+]. The van der Waals surface area contributed by atoms with Crippen LogP contribution in [0.4, 0.5) is 4.79 Å². The normalized spacial score (nSPS) is 5.33. The van der Waals surface area contributed by atoms with Gasteiger partial charge in [-0.05, 0) is 12.2 Å². The van der Waals surface area contributed by atoms with Crippen LogP contribution in [-0.4, -0.2) is 16.4 Å². The molecule has 0 radical (unpaired) electrons. The van der Waals surface area contributed by atoms with E-state index in [4.69, 9.17) is 15.0 Å². The van der Waals surface area contributed by atoms with Gasteiger partial charge in [-0.2, -0.15) is 0 Å². The minimum atomic E-state index is -2.08. The van der Waals surface area contributed by atoms with Crippen LogP contribution in [0.3, 0.4) is 0 Å². The first kappa shape index (κ1) is 16.0. The first-order valence-electron chi connectivity index (χ1n) is 1.41. The van der Waals surface area contributed by atoms with Gasteiger partial charge in [0.25, 0.3) is 0 Å². The minimum Gasteiger partial charge on any atom is -0.565 e. The van der Waals surface area contributed by atoms with Crippen molar-refractivity contribution in [2.45, 2.75) is 0 Å². The Bertz CT molecular complexity index is 77.8. The predicted molar refractivity (Wildman–Crippen MR) is 29.0 cm³/mol. The van der Waals surface area contributed by atoms with Crippen molar-refractivity contribution in [3.05, 3.63) is 0 Å². The van der Waals surface area contributed by atoms with Gasteiger partial charge in [-0.25, -0.2) is 0 Å². The average Bonchev–Trinajstić information content (AvgIpc) is 1.25. The first-order valence-corrected chi connectivity index (χ1v) is 1.82. The van der Waals surface area contributed by atoms with Crippen LogP contribution in [0.1, 0.15) is 0 Å². The maximum atomic E-state index is 8.44. The van der Waals surface area contributed by atoms with Crippen molar-refractivity contribution in [1.29, 1.82) is 0 Å². The van der Waals surface area contributed by atoms with Crippen LogP contribution in [0.5, 0.6) is 0 Å². The minimum absolute atomic E-state index is 0. The van der Waals surface area contributed by atoms with E-state index in [2.05, 4.69) is 23.7 Å². The van der Waals surface area contributed by atoms with Crippen molar-refractivity contribution in [3.8, 4) is 0 Å². The molecule has 48 valence electrons. The Balaban J connectivity index is -0.0000000720. The third kappa shape index (κ3) is 177000. The molecule has 0 spiro atoms. The molecule has 5 N–H and O–H groups in total. The zero-order valence-electron chi connectivity index (χ0n) is 4.83. The second kappa shape index (κ2) is 10.9. The van der Waals surface area contributed by atoms with Gasteiger partial charge < -0.3 is 26.5 Å². The quantitative estimate of drug-likeness (QED) is 0.242. The van der Waals surface area contributed by atoms with Gasteiger partial charge in [0, 0.05) is 0 Å². The fraction of sp³-hybridized carbons (Fsp3) is 0. The summed E-state index contributed by atoms with van der Waals surface area (Å²) in [6.07, 6.45) is -2.08. The first-order chi connectivity index (χ1) is 3.46. The van der Waals surface area contributed by atoms with Gasteiger partial charge in [0.2, 0.25) is 6.16 Å². The summed E-state index contributed by atoms with van der Waals surface area (Å²) in [5.74, 6) is 0. The topological polar surface area (TPSA) is 112 Å². The smallest absolute Gasteiger partial charge is 0.565 e. The van der Waals surface area contributed by atoms with E-state index in [1.807, 2.05) is 0 Å². The Hall–Kier alpha value is -0.0400. The summed E-state index contributed by atoms with van der Waals surface area (Å²) in [4.78, 5) is 8.44. The van der Waals surface area contributed by atoms with Gasteiger partial charge in [-0.15, -0.1) is 0 Å². The van der Waals surface area contributed by atoms with Crippen molar-refractivity contribution in [3.63, 3.8) is 0 Å². The molecule has 0 aliphatic heterocycles. The van der Waals surface area contributed by atoms with Crippen molar-refractivity contribution >= 4 is 23.5 Å². The van der Waals surface area contributed by atoms with E-state index in [0.29, 0.717) is 0 Å². The average molecular weight is 160 g/mol. The fourth-order valence-corrected chi connectivity index (χ4v) is 0. The van der Waals surface area contributed by atoms with Gasteiger partial charge in [0.1, 0.15) is 0 Å². The molecule has 0 unspecified atom stereocenters. The maximum absolute atomic E-state index is 8.44. The molecule has 0 aromatic carbocycles. The largest absolute Gasteiger partial charge is 1.00 e. The second-order valence-corrected chi connectivity index (χ2v) is 1.14. The van der Waals surface area contributed by atoms with Gasteiger partial charge >= 0.3 is 29.6 Å². The van der Waals surface area contributed by atoms with Crippen molar-refractivity contribution in [2.24, 2.45) is 11.5 Å². The van der Waals surface area contributed by atoms with E-state index < -0.39 is 6.16 Å². The zero-order valence-corrected chi connectivity index (χ0v) is 7.64. The molecule has 0 bridgehead atoms. The molecule has 0 amide bonds. The Morgan fingerprint density at radius 2 is 1.56 bits per heavy atom. The van der Waals surface area contributed by atoms with Gasteiger partial charge in [-0.3, -0.25) is 0 Å². The van der Waals surface area contributed by atoms with Crippen molar-refractivity contribution in [1.82, 2.24) is 0 Å². The van der Waals surface area contributed by atoms with E-state index in [-0.39, 0.29) is 34.7 Å². The fourth-order valence-electron chi connectivity index (χ4n) is 0. The molecule has 0 aliphatic carbocycles. The molecule has 0 atom stereocenters. The number of hydrogen-bond donors (Lipinski definition) is 3. The van der Waals surface area contributed by atoms with E-state index in [9.17, 15) is 0 Å². The summed E-state index contributed by atoms with van der Waals surface area (Å²) in [7, 11) is 0. The molecule has 5 nitrogen and oxygen atoms in total. The number of carbonyl (C=O) groups is 1. The van der Waals surface area contributed by atoms with Crippen LogP contribution in [0, 0.1) is 0 Å². The second-order valence-electron chi connectivity index (χ2n) is 0.668. The molecule has 0 rings (SSSR count). The van der Waals surface area contributed by atoms with E-state index in [0.717, 1.165) is 0 Å². The number of nitrogens with two attached hydrogens (primary N) is 2. The third-order valence-corrected chi connectivity index (χ3v) is 0. The Morgan fingerprint density at radius 3 is 1.56 bits per heavy atom. The van der Waals surface area contributed by atoms with Gasteiger partial charge in [0.05, 0.1) is 0 Å². The summed E-state index contributed by atoms with van der Waals surface area (Å²) < 4.78 is 0. The summed E-state index contributed by atoms with van der Waals surface area (Å²) >= 11 is 4.09. The Kier molecular flexibility index (Phi) is 19.3. The molecular weight excluding hydrogens is 155 g/mol. The number of carboxylic acid groups (broad SMARTS) is 2. The molecule has 0 aromatic rings. The number of hydrogen-bond acceptors (Lipinski definition) is 3. The summed E-state index contributed by atoms with van der Waals surface area (Å²) in [6, 6.07) is 0. The zero-order chi connectivity index (χ0) is 7.15. The molecule has 0 heterocycles. The Morgan fingerprint density at radius 1 is 1.56 bits per heavy atom. The molecule has 9 heavy (non-hydrogen) atoms. The maximum Gasteiger partial charge on any atom is 1.00 e. The summed E-state index contributed by atoms with van der Waals surface area (Å²) in [6.45, 7) is 0. The molecule has 0 aromatic heterocycles. The molecule has 0 saturated heterocycles. The number of thiocarbonyl (C=S) groups is 1. The summed E-state index contributed by atoms with van der Waals surface area (Å²) in [5.41, 5.74) is 9.24. The molecule has 7 heteroatoms. The van der Waals surface area contributed by atoms with E-state index in [1.165, 1.54) is 0 Å². The van der Waals surface area contributed by atoms with E-state index >= 15 is 0 Å². The number of rotatable bonds is 0. The standard InChI is InChI=1S/CH4N2S.CH2O3.Na/c2*2-1(3)4;/h(H4,2,3,4);(H2,2,3,4);/q;;+1/p-1. The summed E-state index contributed by atoms with van der Waals surface area (Å²) in [5, 5.41) is 15.3. The van der Waals surface area contributed by atoms with E-state index in [1.54, 1.807) is 0 Å². The van der Waals surface area contributed by atoms with Crippen LogP contribution < -0.4 is 46.1 Å². The van der Waals surface area contributed by atoms with Crippen LogP contribution in [0.2, 0.25) is 0 Å². The monoisotopic (exact) mass is 160 g/mol. The van der Waals surface area contributed by atoms with Crippen LogP contribution in [0.15, 0.2) is 0 Å². The van der Waals surface area contributed by atoms with Crippen molar-refractivity contribution < 1.29 is 44.6 Å². The van der Waals surface area contributed by atoms with Crippen LogP contribution >= 0.6 is 12.2 Å². The molecule has 0 saturated carbocycles. The van der Waals surface area contributed by atoms with Crippen LogP contribution in [0.25, 0.3) is 0 Å². The van der Waals surface area contributed by atoms with Crippen molar-refractivity contribution in [2.75, 3.05) is 0 Å². The molecular formula is C2H5N2NaO3S. The molecule has 0 fully saturated rings. The predicted octanol–water partition coefficient (Wildman–Crippen LogP) is -4.92. The van der Waals surface area contributed by atoms with Crippen LogP contribution in [-0.2, 0) is 0 Å². The third-order valence-electron chi connectivity index (χ3n) is 0. The molecule has 0 aliphatic rings. The van der Waals surface area contributed by atoms with Gasteiger partial charge in [0.15, 0.2) is 5.11 Å². The van der Waals surface area contributed by atoms with Gasteiger partial charge in [-0.1, -0.05) is 0 Å². The Labute approximate surface area is 79.3 Å².